The molecule has 2 aromatic rings. The molecule has 0 atom stereocenters. The summed E-state index contributed by atoms with van der Waals surface area (Å²) in [7, 11) is 0. The zero-order valence-electron chi connectivity index (χ0n) is 15.4. The van der Waals surface area contributed by atoms with E-state index in [0.717, 1.165) is 18.4 Å². The van der Waals surface area contributed by atoms with Gasteiger partial charge in [0.2, 0.25) is 0 Å². The Kier molecular flexibility index (Phi) is 6.71. The Balaban J connectivity index is 1.49. The molecular weight excluding hydrogens is 380 g/mol. The average Bonchev–Trinajstić information content (AvgIpc) is 2.71. The number of hydrogen-bond acceptors (Lipinski definition) is 4. The average molecular weight is 403 g/mol. The second-order valence-electron chi connectivity index (χ2n) is 6.84. The molecule has 0 radical (unpaired) electrons. The van der Waals surface area contributed by atoms with Crippen molar-refractivity contribution in [2.24, 2.45) is 5.92 Å². The molecule has 2 amide bonds. The number of piperidine rings is 1. The molecule has 1 saturated heterocycles. The van der Waals surface area contributed by atoms with Gasteiger partial charge in [0, 0.05) is 43.0 Å². The predicted molar refractivity (Wildman–Crippen MR) is 108 cm³/mol. The van der Waals surface area contributed by atoms with Gasteiger partial charge in [0.15, 0.2) is 0 Å². The number of nitrogens with one attached hydrogen (secondary N) is 2. The summed E-state index contributed by atoms with van der Waals surface area (Å²) >= 11 is 5.99. The maximum absolute atomic E-state index is 12.4. The van der Waals surface area contributed by atoms with Crippen LogP contribution in [0.2, 0.25) is 5.02 Å². The Labute approximate surface area is 168 Å². The molecule has 28 heavy (non-hydrogen) atoms. The number of rotatable bonds is 6. The summed E-state index contributed by atoms with van der Waals surface area (Å²) in [6.07, 6.45) is 2.24. The second kappa shape index (κ2) is 9.41. The van der Waals surface area contributed by atoms with E-state index in [1.807, 2.05) is 24.3 Å². The summed E-state index contributed by atoms with van der Waals surface area (Å²) in [6.45, 7) is 2.13. The van der Waals surface area contributed by atoms with Crippen LogP contribution < -0.4 is 10.6 Å². The summed E-state index contributed by atoms with van der Waals surface area (Å²) in [4.78, 5) is 29.0. The van der Waals surface area contributed by atoms with Gasteiger partial charge in [-0.2, -0.15) is 0 Å². The van der Waals surface area contributed by atoms with Gasteiger partial charge in [-0.3, -0.25) is 4.79 Å². The molecule has 2 heterocycles. The van der Waals surface area contributed by atoms with Crippen LogP contribution in [-0.4, -0.2) is 46.6 Å². The van der Waals surface area contributed by atoms with Gasteiger partial charge < -0.3 is 20.6 Å². The van der Waals surface area contributed by atoms with Crippen molar-refractivity contribution in [3.63, 3.8) is 0 Å². The third-order valence-electron chi connectivity index (χ3n) is 4.82. The van der Waals surface area contributed by atoms with E-state index in [9.17, 15) is 9.59 Å². The minimum absolute atomic E-state index is 0.158. The van der Waals surface area contributed by atoms with Crippen molar-refractivity contribution < 1.29 is 14.7 Å². The SMILES string of the molecule is O=C(NCC1CCN(C(=O)O)CC1)c1ccnc(NCc2cccc(Cl)c2)c1. The Morgan fingerprint density at radius 3 is 2.71 bits per heavy atom. The molecule has 3 rings (SSSR count). The third kappa shape index (κ3) is 5.60. The van der Waals surface area contributed by atoms with Gasteiger partial charge in [-0.25, -0.2) is 9.78 Å². The zero-order chi connectivity index (χ0) is 19.9. The van der Waals surface area contributed by atoms with Crippen LogP contribution in [0, 0.1) is 5.92 Å². The highest BCUT2D eigenvalue weighted by atomic mass is 35.5. The molecule has 1 fully saturated rings. The van der Waals surface area contributed by atoms with Gasteiger partial charge >= 0.3 is 6.09 Å². The fourth-order valence-electron chi connectivity index (χ4n) is 3.18. The highest BCUT2D eigenvalue weighted by Gasteiger charge is 2.22. The number of halogens is 1. The number of benzene rings is 1. The normalized spacial score (nSPS) is 14.5. The van der Waals surface area contributed by atoms with Gasteiger partial charge in [0.1, 0.15) is 5.82 Å². The van der Waals surface area contributed by atoms with Crippen molar-refractivity contribution in [1.29, 1.82) is 0 Å². The lowest BCUT2D eigenvalue weighted by Crippen LogP contribution is -2.40. The summed E-state index contributed by atoms with van der Waals surface area (Å²) in [6, 6.07) is 10.9. The van der Waals surface area contributed by atoms with Crippen molar-refractivity contribution in [2.75, 3.05) is 25.0 Å². The molecule has 7 nitrogen and oxygen atoms in total. The summed E-state index contributed by atoms with van der Waals surface area (Å²) in [5, 5.41) is 15.8. The molecular formula is C20H23ClN4O3. The number of likely N-dealkylation sites (tertiary alicyclic amines) is 1. The quantitative estimate of drug-likeness (QED) is 0.687. The molecule has 3 N–H and O–H groups in total. The predicted octanol–water partition coefficient (Wildman–Crippen LogP) is 3.47. The van der Waals surface area contributed by atoms with E-state index < -0.39 is 6.09 Å². The van der Waals surface area contributed by atoms with Crippen molar-refractivity contribution in [2.45, 2.75) is 19.4 Å². The van der Waals surface area contributed by atoms with Crippen LogP contribution in [-0.2, 0) is 6.54 Å². The van der Waals surface area contributed by atoms with Crippen LogP contribution in [0.5, 0.6) is 0 Å². The molecule has 148 valence electrons. The Morgan fingerprint density at radius 1 is 1.21 bits per heavy atom. The number of nitrogens with zero attached hydrogens (tertiary/aromatic N) is 2. The Hall–Kier alpha value is -2.80. The number of aromatic nitrogens is 1. The molecule has 1 aliphatic rings. The smallest absolute Gasteiger partial charge is 0.407 e. The van der Waals surface area contributed by atoms with Gasteiger partial charge in [-0.1, -0.05) is 23.7 Å². The first-order chi connectivity index (χ1) is 13.5. The number of carboxylic acid groups (broad SMARTS) is 1. The minimum atomic E-state index is -0.878. The highest BCUT2D eigenvalue weighted by molar-refractivity contribution is 6.30. The van der Waals surface area contributed by atoms with Gasteiger partial charge in [0.25, 0.3) is 5.91 Å². The van der Waals surface area contributed by atoms with Gasteiger partial charge in [-0.15, -0.1) is 0 Å². The van der Waals surface area contributed by atoms with Crippen molar-refractivity contribution in [3.05, 3.63) is 58.7 Å². The number of anilines is 1. The van der Waals surface area contributed by atoms with E-state index in [-0.39, 0.29) is 5.91 Å². The number of carbonyl (C=O) groups excluding carboxylic acids is 1. The lowest BCUT2D eigenvalue weighted by Gasteiger charge is -2.29. The van der Waals surface area contributed by atoms with Crippen LogP contribution in [0.4, 0.5) is 10.6 Å². The number of amides is 2. The second-order valence-corrected chi connectivity index (χ2v) is 7.27. The van der Waals surface area contributed by atoms with Crippen LogP contribution >= 0.6 is 11.6 Å². The summed E-state index contributed by atoms with van der Waals surface area (Å²) in [5.41, 5.74) is 1.56. The van der Waals surface area contributed by atoms with Gasteiger partial charge in [0.05, 0.1) is 0 Å². The Morgan fingerprint density at radius 2 is 2.00 bits per heavy atom. The molecule has 1 aromatic heterocycles. The topological polar surface area (TPSA) is 94.6 Å². The molecule has 0 bridgehead atoms. The molecule has 0 spiro atoms. The van der Waals surface area contributed by atoms with E-state index in [1.165, 1.54) is 4.90 Å². The number of hydrogen-bond donors (Lipinski definition) is 3. The van der Waals surface area contributed by atoms with Crippen LogP contribution in [0.3, 0.4) is 0 Å². The van der Waals surface area contributed by atoms with E-state index in [4.69, 9.17) is 16.7 Å². The highest BCUT2D eigenvalue weighted by Crippen LogP contribution is 2.17. The first-order valence-corrected chi connectivity index (χ1v) is 9.59. The number of carbonyl (C=O) groups is 2. The van der Waals surface area contributed by atoms with Crippen LogP contribution in [0.15, 0.2) is 42.6 Å². The lowest BCUT2D eigenvalue weighted by molar-refractivity contribution is 0.0928. The number of pyridine rings is 1. The minimum Gasteiger partial charge on any atom is -0.465 e. The van der Waals surface area contributed by atoms with E-state index >= 15 is 0 Å². The largest absolute Gasteiger partial charge is 0.465 e. The summed E-state index contributed by atoms with van der Waals surface area (Å²) < 4.78 is 0. The fraction of sp³-hybridized carbons (Fsp3) is 0.350. The van der Waals surface area contributed by atoms with E-state index in [0.29, 0.717) is 48.5 Å². The maximum atomic E-state index is 12.4. The molecule has 8 heteroatoms. The fourth-order valence-corrected chi connectivity index (χ4v) is 3.39. The van der Waals surface area contributed by atoms with E-state index in [2.05, 4.69) is 15.6 Å². The third-order valence-corrected chi connectivity index (χ3v) is 5.06. The van der Waals surface area contributed by atoms with E-state index in [1.54, 1.807) is 18.3 Å². The van der Waals surface area contributed by atoms with Crippen molar-refractivity contribution in [3.8, 4) is 0 Å². The molecule has 0 unspecified atom stereocenters. The van der Waals surface area contributed by atoms with Gasteiger partial charge in [-0.05, 0) is 48.6 Å². The molecule has 1 aromatic carbocycles. The first-order valence-electron chi connectivity index (χ1n) is 9.21. The van der Waals surface area contributed by atoms with Crippen LogP contribution in [0.25, 0.3) is 0 Å². The lowest BCUT2D eigenvalue weighted by atomic mass is 9.97. The van der Waals surface area contributed by atoms with Crippen molar-refractivity contribution >= 4 is 29.4 Å². The first kappa shape index (κ1) is 19.9. The standard InChI is InChI=1S/C20H23ClN4O3/c21-17-3-1-2-15(10-17)13-23-18-11-16(4-7-22-18)19(26)24-12-14-5-8-25(9-6-14)20(27)28/h1-4,7,10-11,14H,5-6,8-9,12-13H2,(H,22,23)(H,24,26)(H,27,28). The molecule has 1 aliphatic heterocycles. The Bertz CT molecular complexity index is 838. The molecule has 0 aliphatic carbocycles. The summed E-state index contributed by atoms with van der Waals surface area (Å²) in [5.74, 6) is 0.748. The van der Waals surface area contributed by atoms with Crippen molar-refractivity contribution in [1.82, 2.24) is 15.2 Å². The molecule has 0 saturated carbocycles. The monoisotopic (exact) mass is 402 g/mol. The van der Waals surface area contributed by atoms with Crippen LogP contribution in [0.1, 0.15) is 28.8 Å². The maximum Gasteiger partial charge on any atom is 0.407 e. The zero-order valence-corrected chi connectivity index (χ0v) is 16.2.